The number of hydrogen-bond acceptors (Lipinski definition) is 5. The van der Waals surface area contributed by atoms with Gasteiger partial charge in [-0.3, -0.25) is 0 Å². The summed E-state index contributed by atoms with van der Waals surface area (Å²) < 4.78 is 0. The average molecular weight is 284 g/mol. The summed E-state index contributed by atoms with van der Waals surface area (Å²) in [4.78, 5) is 10.8. The molecule has 0 radical (unpaired) electrons. The number of anilines is 2. The third-order valence-corrected chi connectivity index (χ3v) is 4.13. The first-order valence-corrected chi connectivity index (χ1v) is 7.30. The van der Waals surface area contributed by atoms with Crippen molar-refractivity contribution in [1.29, 1.82) is 0 Å². The van der Waals surface area contributed by atoms with Gasteiger partial charge in [0, 0.05) is 10.9 Å². The topological polar surface area (TPSA) is 63.8 Å². The molecule has 102 valence electrons. The van der Waals surface area contributed by atoms with E-state index in [0.717, 1.165) is 16.0 Å². The van der Waals surface area contributed by atoms with Crippen molar-refractivity contribution in [2.45, 2.75) is 19.9 Å². The lowest BCUT2D eigenvalue weighted by atomic mass is 10.1. The zero-order valence-electron chi connectivity index (χ0n) is 11.4. The van der Waals surface area contributed by atoms with E-state index in [9.17, 15) is 0 Å². The van der Waals surface area contributed by atoms with E-state index in [1.807, 2.05) is 18.2 Å². The Balaban J connectivity index is 1.98. The molecule has 2 aromatic heterocycles. The first-order chi connectivity index (χ1) is 9.63. The Morgan fingerprint density at radius 1 is 1.20 bits per heavy atom. The number of nitrogen functional groups attached to an aromatic ring is 1. The first kappa shape index (κ1) is 12.9. The highest BCUT2D eigenvalue weighted by atomic mass is 32.1. The van der Waals surface area contributed by atoms with E-state index in [1.54, 1.807) is 11.3 Å². The predicted molar refractivity (Wildman–Crippen MR) is 85.0 cm³/mol. The second kappa shape index (κ2) is 5.09. The van der Waals surface area contributed by atoms with E-state index >= 15 is 0 Å². The summed E-state index contributed by atoms with van der Waals surface area (Å²) in [6.07, 6.45) is 0. The summed E-state index contributed by atoms with van der Waals surface area (Å²) in [5, 5.41) is 4.46. The van der Waals surface area contributed by atoms with Gasteiger partial charge in [0.25, 0.3) is 0 Å². The minimum atomic E-state index is 0.161. The van der Waals surface area contributed by atoms with E-state index in [0.29, 0.717) is 5.95 Å². The summed E-state index contributed by atoms with van der Waals surface area (Å²) in [5.41, 5.74) is 7.01. The monoisotopic (exact) mass is 284 g/mol. The standard InChI is InChI=1S/C15H16N4S/c1-9-8-12-13(18-15(16)19-14(12)20-9)17-10(2)11-6-4-3-5-7-11/h3-8,10H,1-2H3,(H3,16,17,18,19). The number of nitrogens with zero attached hydrogens (tertiary/aromatic N) is 2. The molecule has 5 heteroatoms. The van der Waals surface area contributed by atoms with Crippen LogP contribution in [0.4, 0.5) is 11.8 Å². The van der Waals surface area contributed by atoms with Crippen molar-refractivity contribution in [3.05, 3.63) is 46.8 Å². The molecule has 1 unspecified atom stereocenters. The van der Waals surface area contributed by atoms with Crippen LogP contribution in [0.5, 0.6) is 0 Å². The molecular formula is C15H16N4S. The summed E-state index contributed by atoms with van der Waals surface area (Å²) in [6, 6.07) is 12.5. The molecule has 0 aliphatic heterocycles. The van der Waals surface area contributed by atoms with E-state index in [1.165, 1.54) is 10.4 Å². The van der Waals surface area contributed by atoms with Gasteiger partial charge in [0.1, 0.15) is 10.6 Å². The SMILES string of the molecule is Cc1cc2c(NC(C)c3ccccc3)nc(N)nc2s1. The first-order valence-electron chi connectivity index (χ1n) is 6.48. The van der Waals surface area contributed by atoms with Crippen LogP contribution in [0.1, 0.15) is 23.4 Å². The van der Waals surface area contributed by atoms with Crippen LogP contribution in [0, 0.1) is 6.92 Å². The second-order valence-corrected chi connectivity index (χ2v) is 6.02. The Morgan fingerprint density at radius 2 is 1.95 bits per heavy atom. The molecule has 0 fully saturated rings. The number of thiophene rings is 1. The van der Waals surface area contributed by atoms with Crippen LogP contribution in [0.15, 0.2) is 36.4 Å². The number of fused-ring (bicyclic) bond motifs is 1. The number of hydrogen-bond donors (Lipinski definition) is 2. The van der Waals surface area contributed by atoms with E-state index < -0.39 is 0 Å². The second-order valence-electron chi connectivity index (χ2n) is 4.78. The highest BCUT2D eigenvalue weighted by Crippen LogP contribution is 2.30. The molecule has 2 heterocycles. The molecule has 0 amide bonds. The molecular weight excluding hydrogens is 268 g/mol. The number of nitrogens with one attached hydrogen (secondary N) is 1. The Morgan fingerprint density at radius 3 is 2.70 bits per heavy atom. The molecule has 0 saturated heterocycles. The van der Waals surface area contributed by atoms with Crippen LogP contribution in [0.2, 0.25) is 0 Å². The normalized spacial score (nSPS) is 12.5. The summed E-state index contributed by atoms with van der Waals surface area (Å²) >= 11 is 1.63. The minimum absolute atomic E-state index is 0.161. The van der Waals surface area contributed by atoms with Crippen molar-refractivity contribution < 1.29 is 0 Å². The van der Waals surface area contributed by atoms with Gasteiger partial charge in [-0.05, 0) is 25.5 Å². The van der Waals surface area contributed by atoms with Crippen molar-refractivity contribution in [2.24, 2.45) is 0 Å². The van der Waals surface area contributed by atoms with Gasteiger partial charge in [-0.25, -0.2) is 4.98 Å². The summed E-state index contributed by atoms with van der Waals surface area (Å²) in [7, 11) is 0. The lowest BCUT2D eigenvalue weighted by Gasteiger charge is -2.15. The van der Waals surface area contributed by atoms with E-state index in [-0.39, 0.29) is 6.04 Å². The van der Waals surface area contributed by atoms with Gasteiger partial charge >= 0.3 is 0 Å². The quantitative estimate of drug-likeness (QED) is 0.768. The molecule has 3 rings (SSSR count). The van der Waals surface area contributed by atoms with Crippen LogP contribution >= 0.6 is 11.3 Å². The van der Waals surface area contributed by atoms with Gasteiger partial charge < -0.3 is 11.1 Å². The highest BCUT2D eigenvalue weighted by Gasteiger charge is 2.12. The van der Waals surface area contributed by atoms with Crippen molar-refractivity contribution in [3.63, 3.8) is 0 Å². The maximum atomic E-state index is 5.79. The van der Waals surface area contributed by atoms with Gasteiger partial charge in [0.2, 0.25) is 5.95 Å². The van der Waals surface area contributed by atoms with Crippen LogP contribution in [0.3, 0.4) is 0 Å². The molecule has 0 spiro atoms. The third-order valence-electron chi connectivity index (χ3n) is 3.19. The number of nitrogens with two attached hydrogens (primary N) is 1. The minimum Gasteiger partial charge on any atom is -0.368 e. The molecule has 1 aromatic carbocycles. The molecule has 0 bridgehead atoms. The fourth-order valence-electron chi connectivity index (χ4n) is 2.20. The number of benzene rings is 1. The summed E-state index contributed by atoms with van der Waals surface area (Å²) in [5.74, 6) is 1.11. The van der Waals surface area contributed by atoms with Crippen molar-refractivity contribution >= 4 is 33.3 Å². The molecule has 1 atom stereocenters. The van der Waals surface area contributed by atoms with Crippen LogP contribution in [-0.2, 0) is 0 Å². The number of aromatic nitrogens is 2. The Bertz CT molecular complexity index is 736. The van der Waals surface area contributed by atoms with Gasteiger partial charge in [-0.15, -0.1) is 11.3 Å². The highest BCUT2D eigenvalue weighted by molar-refractivity contribution is 7.18. The van der Waals surface area contributed by atoms with Crippen LogP contribution < -0.4 is 11.1 Å². The Hall–Kier alpha value is -2.14. The van der Waals surface area contributed by atoms with E-state index in [2.05, 4.69) is 47.3 Å². The summed E-state index contributed by atoms with van der Waals surface area (Å²) in [6.45, 7) is 4.17. The Labute approximate surface area is 121 Å². The fourth-order valence-corrected chi connectivity index (χ4v) is 3.09. The van der Waals surface area contributed by atoms with Crippen molar-refractivity contribution in [1.82, 2.24) is 9.97 Å². The van der Waals surface area contributed by atoms with Gasteiger partial charge in [-0.1, -0.05) is 30.3 Å². The zero-order valence-corrected chi connectivity index (χ0v) is 12.2. The fraction of sp³-hybridized carbons (Fsp3) is 0.200. The molecule has 3 aromatic rings. The van der Waals surface area contributed by atoms with Crippen molar-refractivity contribution in [3.8, 4) is 0 Å². The Kier molecular flexibility index (Phi) is 3.28. The van der Waals surface area contributed by atoms with Gasteiger partial charge in [-0.2, -0.15) is 4.98 Å². The van der Waals surface area contributed by atoms with Crippen molar-refractivity contribution in [2.75, 3.05) is 11.1 Å². The zero-order chi connectivity index (χ0) is 14.1. The maximum Gasteiger partial charge on any atom is 0.223 e. The molecule has 0 aliphatic rings. The van der Waals surface area contributed by atoms with Crippen LogP contribution in [-0.4, -0.2) is 9.97 Å². The average Bonchev–Trinajstić information content (AvgIpc) is 2.80. The predicted octanol–water partition coefficient (Wildman–Crippen LogP) is 3.76. The van der Waals surface area contributed by atoms with Crippen LogP contribution in [0.25, 0.3) is 10.2 Å². The lowest BCUT2D eigenvalue weighted by molar-refractivity contribution is 0.877. The number of rotatable bonds is 3. The molecule has 20 heavy (non-hydrogen) atoms. The largest absolute Gasteiger partial charge is 0.368 e. The molecule has 0 aliphatic carbocycles. The lowest BCUT2D eigenvalue weighted by Crippen LogP contribution is -2.09. The molecule has 4 nitrogen and oxygen atoms in total. The molecule has 3 N–H and O–H groups in total. The third kappa shape index (κ3) is 2.44. The smallest absolute Gasteiger partial charge is 0.223 e. The number of aryl methyl sites for hydroxylation is 1. The molecule has 0 saturated carbocycles. The van der Waals surface area contributed by atoms with Gasteiger partial charge in [0.15, 0.2) is 0 Å². The van der Waals surface area contributed by atoms with Gasteiger partial charge in [0.05, 0.1) is 5.39 Å². The van der Waals surface area contributed by atoms with E-state index in [4.69, 9.17) is 5.73 Å². The maximum absolute atomic E-state index is 5.79.